The number of nitrogens with one attached hydrogen (secondary N) is 2. The minimum atomic E-state index is -1.75. The van der Waals surface area contributed by atoms with Crippen molar-refractivity contribution < 1.29 is 34.2 Å². The van der Waals surface area contributed by atoms with Crippen LogP contribution in [0.2, 0.25) is 0 Å². The number of amides is 5. The van der Waals surface area contributed by atoms with Gasteiger partial charge < -0.3 is 20.4 Å². The van der Waals surface area contributed by atoms with Crippen molar-refractivity contribution in [3.63, 3.8) is 0 Å². The van der Waals surface area contributed by atoms with Gasteiger partial charge in [-0.05, 0) is 30.5 Å². The molecule has 218 valence electrons. The molecule has 2 aliphatic heterocycles. The van der Waals surface area contributed by atoms with Gasteiger partial charge in [-0.15, -0.1) is 0 Å². The Balaban J connectivity index is 1.43. The van der Waals surface area contributed by atoms with Crippen LogP contribution in [0, 0.1) is 0 Å². The molecule has 2 atom stereocenters. The molecule has 0 saturated carbocycles. The number of nitrogens with zero attached hydrogens (tertiary/aromatic N) is 4. The van der Waals surface area contributed by atoms with Crippen molar-refractivity contribution in [1.82, 2.24) is 25.8 Å². The largest absolute Gasteiger partial charge is 0.396 e. The fourth-order valence-corrected chi connectivity index (χ4v) is 4.63. The maximum absolute atomic E-state index is 13.6. The maximum atomic E-state index is 13.6. The van der Waals surface area contributed by atoms with E-state index in [0.29, 0.717) is 18.4 Å². The molecule has 2 saturated heterocycles. The molecule has 4 N–H and O–H groups in total. The Hall–Kier alpha value is -4.49. The zero-order chi connectivity index (χ0) is 29.2. The second-order valence-corrected chi connectivity index (χ2v) is 9.67. The molecule has 13 nitrogen and oxygen atoms in total. The standard InChI is InChI=1S/C28H34N6O7/c35-24-13-16-32(31-26(38)21-10-5-2-6-11-21)28(40)34-23(12-7-15-33(24)34)27(39)30-22(18-25(36)37)19-29-41-17-14-20-8-3-1-4-9-20/h1-6,8-11,19,22-23,25,36-37H,7,12-18H2,(H,30,39)(H,31,38)/t22-,23-/m0/s1. The van der Waals surface area contributed by atoms with E-state index in [9.17, 15) is 29.4 Å². The Labute approximate surface area is 237 Å². The molecule has 2 aromatic carbocycles. The number of aliphatic hydroxyl groups is 2. The molecule has 0 spiro atoms. The first-order valence-corrected chi connectivity index (χ1v) is 13.5. The van der Waals surface area contributed by atoms with Crippen LogP contribution in [-0.4, -0.2) is 93.3 Å². The molecule has 13 heteroatoms. The minimum absolute atomic E-state index is 0.0437. The maximum Gasteiger partial charge on any atom is 0.358 e. The molecule has 5 amide bonds. The van der Waals surface area contributed by atoms with E-state index < -0.39 is 36.2 Å². The lowest BCUT2D eigenvalue weighted by molar-refractivity contribution is -0.155. The molecule has 2 fully saturated rings. The predicted octanol–water partition coefficient (Wildman–Crippen LogP) is 0.796. The zero-order valence-corrected chi connectivity index (χ0v) is 22.5. The third-order valence-electron chi connectivity index (χ3n) is 6.67. The van der Waals surface area contributed by atoms with Crippen LogP contribution in [0.25, 0.3) is 0 Å². The molecule has 0 unspecified atom stereocenters. The van der Waals surface area contributed by atoms with E-state index in [0.717, 1.165) is 15.6 Å². The van der Waals surface area contributed by atoms with E-state index in [1.54, 1.807) is 30.3 Å². The average molecular weight is 567 g/mol. The van der Waals surface area contributed by atoms with Crippen LogP contribution >= 0.6 is 0 Å². The van der Waals surface area contributed by atoms with Gasteiger partial charge in [0.25, 0.3) is 5.91 Å². The van der Waals surface area contributed by atoms with Crippen molar-refractivity contribution in [2.75, 3.05) is 19.7 Å². The van der Waals surface area contributed by atoms with Gasteiger partial charge in [0.2, 0.25) is 11.8 Å². The number of rotatable bonds is 11. The molecule has 2 aliphatic rings. The Morgan fingerprint density at radius 3 is 2.46 bits per heavy atom. The van der Waals surface area contributed by atoms with Crippen molar-refractivity contribution >= 4 is 30.0 Å². The van der Waals surface area contributed by atoms with Crippen LogP contribution < -0.4 is 10.7 Å². The molecule has 2 aromatic rings. The predicted molar refractivity (Wildman–Crippen MR) is 147 cm³/mol. The Kier molecular flexibility index (Phi) is 10.2. The summed E-state index contributed by atoms with van der Waals surface area (Å²) in [4.78, 5) is 57.9. The number of carbonyl (C=O) groups excluding carboxylic acids is 4. The van der Waals surface area contributed by atoms with Crippen LogP contribution in [0.15, 0.2) is 65.8 Å². The van der Waals surface area contributed by atoms with E-state index in [1.165, 1.54) is 11.2 Å². The fraction of sp³-hybridized carbons (Fsp3) is 0.393. The molecule has 0 radical (unpaired) electrons. The number of aliphatic hydroxyl groups excluding tert-OH is 1. The van der Waals surface area contributed by atoms with Crippen molar-refractivity contribution in [2.24, 2.45) is 5.16 Å². The first-order chi connectivity index (χ1) is 19.8. The highest BCUT2D eigenvalue weighted by Gasteiger charge is 2.44. The number of hydrogen-bond donors (Lipinski definition) is 4. The van der Waals surface area contributed by atoms with E-state index in [1.807, 2.05) is 30.3 Å². The number of fused-ring (bicyclic) bond motifs is 1. The summed E-state index contributed by atoms with van der Waals surface area (Å²) in [5.74, 6) is -1.50. The summed E-state index contributed by atoms with van der Waals surface area (Å²) in [5.41, 5.74) is 3.94. The summed E-state index contributed by atoms with van der Waals surface area (Å²) < 4.78 is 0. The summed E-state index contributed by atoms with van der Waals surface area (Å²) in [7, 11) is 0. The lowest BCUT2D eigenvalue weighted by Crippen LogP contribution is -2.64. The highest BCUT2D eigenvalue weighted by molar-refractivity contribution is 5.96. The van der Waals surface area contributed by atoms with Crippen LogP contribution in [0.1, 0.15) is 41.6 Å². The zero-order valence-electron chi connectivity index (χ0n) is 22.5. The Bertz CT molecular complexity index is 1230. The summed E-state index contributed by atoms with van der Waals surface area (Å²) >= 11 is 0. The molecule has 0 aromatic heterocycles. The Morgan fingerprint density at radius 1 is 1.05 bits per heavy atom. The van der Waals surface area contributed by atoms with Crippen LogP contribution in [0.3, 0.4) is 0 Å². The summed E-state index contributed by atoms with van der Waals surface area (Å²) in [6.45, 7) is 0.448. The second kappa shape index (κ2) is 14.2. The van der Waals surface area contributed by atoms with Gasteiger partial charge in [0.05, 0.1) is 18.8 Å². The molecule has 41 heavy (non-hydrogen) atoms. The first-order valence-electron chi connectivity index (χ1n) is 13.5. The van der Waals surface area contributed by atoms with Gasteiger partial charge in [0.1, 0.15) is 12.6 Å². The van der Waals surface area contributed by atoms with Gasteiger partial charge >= 0.3 is 6.03 Å². The topological polar surface area (TPSA) is 164 Å². The SMILES string of the molecule is O=C(NN1CCC(=O)N2CCC[C@@H](C(=O)N[C@H](C=NOCCc3ccccc3)CC(O)O)N2C1=O)c1ccccc1. The fourth-order valence-electron chi connectivity index (χ4n) is 4.63. The lowest BCUT2D eigenvalue weighted by Gasteiger charge is -2.43. The lowest BCUT2D eigenvalue weighted by atomic mass is 10.1. The first kappa shape index (κ1) is 29.5. The summed E-state index contributed by atoms with van der Waals surface area (Å²) in [6, 6.07) is 15.2. The molecule has 0 aliphatic carbocycles. The summed E-state index contributed by atoms with van der Waals surface area (Å²) in [5, 5.41) is 29.0. The monoisotopic (exact) mass is 566 g/mol. The normalized spacial score (nSPS) is 18.2. The third kappa shape index (κ3) is 8.02. The van der Waals surface area contributed by atoms with Gasteiger partial charge in [-0.1, -0.05) is 53.7 Å². The van der Waals surface area contributed by atoms with Crippen molar-refractivity contribution in [3.05, 3.63) is 71.8 Å². The van der Waals surface area contributed by atoms with Gasteiger partial charge in [0.15, 0.2) is 6.29 Å². The summed E-state index contributed by atoms with van der Waals surface area (Å²) in [6.07, 6.45) is 0.513. The number of hydrazine groups is 2. The smallest absolute Gasteiger partial charge is 0.358 e. The van der Waals surface area contributed by atoms with Gasteiger partial charge in [-0.25, -0.2) is 19.8 Å². The van der Waals surface area contributed by atoms with E-state index in [4.69, 9.17) is 4.84 Å². The van der Waals surface area contributed by atoms with Crippen molar-refractivity contribution in [1.29, 1.82) is 0 Å². The highest BCUT2D eigenvalue weighted by atomic mass is 16.6. The van der Waals surface area contributed by atoms with Gasteiger partial charge in [0, 0.05) is 31.4 Å². The molecular weight excluding hydrogens is 532 g/mol. The number of carbonyl (C=O) groups is 4. The minimum Gasteiger partial charge on any atom is -0.396 e. The van der Waals surface area contributed by atoms with Crippen LogP contribution in [-0.2, 0) is 20.8 Å². The number of benzene rings is 2. The Morgan fingerprint density at radius 2 is 1.76 bits per heavy atom. The average Bonchev–Trinajstić information content (AvgIpc) is 3.09. The third-order valence-corrected chi connectivity index (χ3v) is 6.67. The molecule has 4 rings (SSSR count). The molecule has 0 bridgehead atoms. The van der Waals surface area contributed by atoms with Crippen molar-refractivity contribution in [2.45, 2.75) is 50.5 Å². The second-order valence-electron chi connectivity index (χ2n) is 9.67. The number of hydrogen-bond acceptors (Lipinski definition) is 8. The van der Waals surface area contributed by atoms with Crippen LogP contribution in [0.5, 0.6) is 0 Å². The van der Waals surface area contributed by atoms with Crippen LogP contribution in [0.4, 0.5) is 4.79 Å². The van der Waals surface area contributed by atoms with E-state index >= 15 is 0 Å². The molecule has 2 heterocycles. The van der Waals surface area contributed by atoms with Gasteiger partial charge in [-0.2, -0.15) is 0 Å². The van der Waals surface area contributed by atoms with Gasteiger partial charge in [-0.3, -0.25) is 19.8 Å². The quantitative estimate of drug-likeness (QED) is 0.135. The van der Waals surface area contributed by atoms with E-state index in [2.05, 4.69) is 15.9 Å². The molecular formula is C28H34N6O7. The highest BCUT2D eigenvalue weighted by Crippen LogP contribution is 2.24. The number of urea groups is 1. The number of oxime groups is 1. The van der Waals surface area contributed by atoms with Crippen molar-refractivity contribution in [3.8, 4) is 0 Å². The van der Waals surface area contributed by atoms with E-state index in [-0.39, 0.29) is 44.9 Å².